The van der Waals surface area contributed by atoms with Crippen LogP contribution in [0.1, 0.15) is 36.0 Å². The lowest BCUT2D eigenvalue weighted by molar-refractivity contribution is 0.193. The molecule has 0 unspecified atom stereocenters. The fourth-order valence-corrected chi connectivity index (χ4v) is 6.93. The summed E-state index contributed by atoms with van der Waals surface area (Å²) in [5.41, 5.74) is 2.05. The number of piperidine rings is 1. The Bertz CT molecular complexity index is 1330. The third kappa shape index (κ3) is 3.97. The average Bonchev–Trinajstić information content (AvgIpc) is 3.14. The number of hydrogen-bond donors (Lipinski definition) is 0. The highest BCUT2D eigenvalue weighted by molar-refractivity contribution is 7.92. The second-order valence-electron chi connectivity index (χ2n) is 9.31. The lowest BCUT2D eigenvalue weighted by Crippen LogP contribution is -2.52. The molecule has 8 nitrogen and oxygen atoms in total. The van der Waals surface area contributed by atoms with Crippen molar-refractivity contribution in [2.24, 2.45) is 0 Å². The van der Waals surface area contributed by atoms with Crippen LogP contribution in [0.15, 0.2) is 36.5 Å². The van der Waals surface area contributed by atoms with Crippen molar-refractivity contribution in [2.45, 2.75) is 37.9 Å². The van der Waals surface area contributed by atoms with Gasteiger partial charge < -0.3 is 4.90 Å². The molecule has 0 spiro atoms. The average molecular weight is 503 g/mol. The van der Waals surface area contributed by atoms with Gasteiger partial charge in [-0.3, -0.25) is 9.47 Å². The second kappa shape index (κ2) is 8.28. The van der Waals surface area contributed by atoms with Crippen molar-refractivity contribution >= 4 is 27.3 Å². The second-order valence-corrected chi connectivity index (χ2v) is 11.9. The Hall–Kier alpha value is -2.56. The van der Waals surface area contributed by atoms with E-state index >= 15 is 0 Å². The van der Waals surface area contributed by atoms with Crippen molar-refractivity contribution in [1.82, 2.24) is 24.6 Å². The van der Waals surface area contributed by atoms with E-state index in [1.165, 1.54) is 12.3 Å². The topological polar surface area (TPSA) is 84.2 Å². The van der Waals surface area contributed by atoms with Crippen molar-refractivity contribution in [2.75, 3.05) is 29.5 Å². The number of nitrogens with zero attached hydrogens (tertiary/aromatic N) is 6. The van der Waals surface area contributed by atoms with Crippen LogP contribution in [-0.2, 0) is 22.9 Å². The number of hydrogen-bond acceptors (Lipinski definition) is 7. The summed E-state index contributed by atoms with van der Waals surface area (Å²) in [6, 6.07) is 8.98. The van der Waals surface area contributed by atoms with Gasteiger partial charge in [0.1, 0.15) is 17.5 Å². The van der Waals surface area contributed by atoms with Crippen LogP contribution in [0, 0.1) is 5.82 Å². The smallest absolute Gasteiger partial charge is 0.153 e. The maximum atomic E-state index is 13.2. The Balaban J connectivity index is 1.29. The van der Waals surface area contributed by atoms with E-state index < -0.39 is 9.84 Å². The zero-order valence-electron chi connectivity index (χ0n) is 18.4. The van der Waals surface area contributed by atoms with E-state index in [4.69, 9.17) is 11.6 Å². The monoisotopic (exact) mass is 502 g/mol. The molecule has 5 heterocycles. The molecule has 0 bridgehead atoms. The first-order valence-corrected chi connectivity index (χ1v) is 13.6. The molecule has 0 saturated carbocycles. The van der Waals surface area contributed by atoms with Gasteiger partial charge >= 0.3 is 0 Å². The minimum absolute atomic E-state index is 0.0185. The number of rotatable bonds is 3. The predicted molar refractivity (Wildman–Crippen MR) is 126 cm³/mol. The Morgan fingerprint density at radius 1 is 1.03 bits per heavy atom. The highest BCUT2D eigenvalue weighted by Crippen LogP contribution is 2.35. The molecule has 3 aliphatic rings. The maximum Gasteiger partial charge on any atom is 0.153 e. The molecular formula is C23H24ClFN6O2S. The summed E-state index contributed by atoms with van der Waals surface area (Å²) in [6.45, 7) is 2.75. The van der Waals surface area contributed by atoms with Gasteiger partial charge in [-0.25, -0.2) is 17.8 Å². The van der Waals surface area contributed by atoms with Crippen LogP contribution < -0.4 is 4.90 Å². The fourth-order valence-electron chi connectivity index (χ4n) is 5.24. The number of benzene rings is 1. The van der Waals surface area contributed by atoms with E-state index in [-0.39, 0.29) is 29.3 Å². The van der Waals surface area contributed by atoms with E-state index in [2.05, 4.69) is 29.5 Å². The molecule has 0 atom stereocenters. The van der Waals surface area contributed by atoms with Gasteiger partial charge in [-0.2, -0.15) is 0 Å². The molecule has 0 aliphatic carbocycles. The molecule has 2 aromatic heterocycles. The summed E-state index contributed by atoms with van der Waals surface area (Å²) < 4.78 is 39.0. The molecular weight excluding hydrogens is 479 g/mol. The fraction of sp³-hybridized carbons (Fsp3) is 0.435. The Kier molecular flexibility index (Phi) is 5.34. The molecule has 0 N–H and O–H groups in total. The van der Waals surface area contributed by atoms with E-state index in [9.17, 15) is 12.8 Å². The minimum Gasteiger partial charge on any atom is -0.357 e. The van der Waals surface area contributed by atoms with Gasteiger partial charge in [0, 0.05) is 36.6 Å². The zero-order valence-corrected chi connectivity index (χ0v) is 20.0. The number of aromatic nitrogens is 4. The highest BCUT2D eigenvalue weighted by Gasteiger charge is 2.40. The van der Waals surface area contributed by atoms with E-state index in [0.29, 0.717) is 18.1 Å². The van der Waals surface area contributed by atoms with Crippen molar-refractivity contribution in [3.8, 4) is 5.69 Å². The van der Waals surface area contributed by atoms with Crippen LogP contribution in [0.5, 0.6) is 0 Å². The van der Waals surface area contributed by atoms with Gasteiger partial charge in [0.05, 0.1) is 29.9 Å². The van der Waals surface area contributed by atoms with Crippen LogP contribution >= 0.6 is 11.6 Å². The molecule has 178 valence electrons. The first-order valence-electron chi connectivity index (χ1n) is 11.4. The lowest BCUT2D eigenvalue weighted by atomic mass is 9.95. The first-order chi connectivity index (χ1) is 16.4. The summed E-state index contributed by atoms with van der Waals surface area (Å²) in [6.07, 6.45) is 3.01. The molecule has 6 rings (SSSR count). The Morgan fingerprint density at radius 2 is 1.82 bits per heavy atom. The van der Waals surface area contributed by atoms with Crippen LogP contribution in [0.2, 0.25) is 5.02 Å². The van der Waals surface area contributed by atoms with Crippen LogP contribution in [0.4, 0.5) is 10.2 Å². The van der Waals surface area contributed by atoms with Gasteiger partial charge in [0.25, 0.3) is 0 Å². The number of fused-ring (bicyclic) bond motifs is 3. The molecule has 11 heteroatoms. The summed E-state index contributed by atoms with van der Waals surface area (Å²) in [7, 11) is -2.94. The number of pyridine rings is 1. The SMILES string of the molecule is O=S1(=O)CC(N2Cc3cc(Cl)ccc3-n3c(nnc3C3CCN(c4ccc(F)cn4)CC3)C2)C1. The molecule has 3 aliphatic heterocycles. The van der Waals surface area contributed by atoms with Crippen LogP contribution in [-0.4, -0.2) is 63.7 Å². The lowest BCUT2D eigenvalue weighted by Gasteiger charge is -2.35. The Labute approximate surface area is 202 Å². The summed E-state index contributed by atoms with van der Waals surface area (Å²) in [4.78, 5) is 8.56. The van der Waals surface area contributed by atoms with Crippen molar-refractivity contribution in [1.29, 1.82) is 0 Å². The third-order valence-electron chi connectivity index (χ3n) is 7.06. The quantitative estimate of drug-likeness (QED) is 0.544. The van der Waals surface area contributed by atoms with Crippen LogP contribution in [0.25, 0.3) is 5.69 Å². The van der Waals surface area contributed by atoms with Crippen molar-refractivity contribution < 1.29 is 12.8 Å². The van der Waals surface area contributed by atoms with Crippen molar-refractivity contribution in [3.63, 3.8) is 0 Å². The van der Waals surface area contributed by atoms with Gasteiger partial charge in [-0.15, -0.1) is 10.2 Å². The van der Waals surface area contributed by atoms with Gasteiger partial charge in [0.15, 0.2) is 15.7 Å². The predicted octanol–water partition coefficient (Wildman–Crippen LogP) is 2.95. The molecule has 34 heavy (non-hydrogen) atoms. The van der Waals surface area contributed by atoms with Gasteiger partial charge in [-0.1, -0.05) is 11.6 Å². The molecule has 2 fully saturated rings. The van der Waals surface area contributed by atoms with E-state index in [1.54, 1.807) is 6.07 Å². The summed E-state index contributed by atoms with van der Waals surface area (Å²) in [5.74, 6) is 2.77. The van der Waals surface area contributed by atoms with E-state index in [1.807, 2.05) is 18.2 Å². The van der Waals surface area contributed by atoms with Gasteiger partial charge in [-0.05, 0) is 48.7 Å². The zero-order chi connectivity index (χ0) is 23.4. The number of halogens is 2. The summed E-state index contributed by atoms with van der Waals surface area (Å²) in [5, 5.41) is 9.81. The molecule has 1 aromatic carbocycles. The number of sulfone groups is 1. The molecule has 0 amide bonds. The highest BCUT2D eigenvalue weighted by atomic mass is 35.5. The standard InChI is InChI=1S/C23H24ClFN6O2S/c24-17-1-3-20-16(9-17)11-30(19-13-34(32,33)14-19)12-22-27-28-23(31(20)22)15-5-7-29(8-6-15)21-4-2-18(25)10-26-21/h1-4,9-10,15,19H,5-8,11-14H2. The van der Waals surface area contributed by atoms with Crippen LogP contribution in [0.3, 0.4) is 0 Å². The first kappa shape index (κ1) is 21.9. The minimum atomic E-state index is -2.94. The number of anilines is 1. The molecule has 2 saturated heterocycles. The molecule has 0 radical (unpaired) electrons. The van der Waals surface area contributed by atoms with Gasteiger partial charge in [0.2, 0.25) is 0 Å². The third-order valence-corrected chi connectivity index (χ3v) is 9.08. The maximum absolute atomic E-state index is 13.2. The molecule has 3 aromatic rings. The normalized spacial score (nSPS) is 20.9. The largest absolute Gasteiger partial charge is 0.357 e. The van der Waals surface area contributed by atoms with Crippen molar-refractivity contribution in [3.05, 3.63) is 64.6 Å². The summed E-state index contributed by atoms with van der Waals surface area (Å²) >= 11 is 6.33. The van der Waals surface area contributed by atoms with E-state index in [0.717, 1.165) is 54.6 Å². The Morgan fingerprint density at radius 3 is 2.53 bits per heavy atom.